The van der Waals surface area contributed by atoms with Gasteiger partial charge in [0.1, 0.15) is 0 Å². The monoisotopic (exact) mass is 789 g/mol. The molecule has 0 atom stereocenters. The molecule has 13 rings (SSSR count). The standard InChI is InChI=1S/C57H35N5/c1-4-18-37(19-5-1)55-58-56(38-20-6-2-7-21-38)60-57(59-55)39-22-16-25-41(35-39)62-49-30-15-13-28-46(49)52-51-45-27-12-14-29-48(45)61(40-23-8-3-9-24-40)53(51)47-34-33-43-42-26-11-10-17-36(42)31-32-44(43)50(47)54(52)62/h1-35H. The first kappa shape index (κ1) is 34.5. The second-order valence-corrected chi connectivity index (χ2v) is 15.9. The van der Waals surface area contributed by atoms with E-state index < -0.39 is 0 Å². The SMILES string of the molecule is c1ccc(-c2nc(-c3ccccc3)nc(-c3cccc(-n4c5ccccc5c5c6c7ccccc7n(-c7ccccc7)c6c6ccc7c8ccccc8ccc7c6c54)c3)n2)cc1. The van der Waals surface area contributed by atoms with Crippen molar-refractivity contribution in [1.82, 2.24) is 24.1 Å². The molecule has 0 radical (unpaired) electrons. The van der Waals surface area contributed by atoms with Crippen LogP contribution < -0.4 is 0 Å². The number of hydrogen-bond donors (Lipinski definition) is 0. The van der Waals surface area contributed by atoms with Crippen molar-refractivity contribution in [3.8, 4) is 45.5 Å². The normalized spacial score (nSPS) is 11.9. The number of fused-ring (bicyclic) bond motifs is 14. The zero-order chi connectivity index (χ0) is 40.7. The largest absolute Gasteiger partial charge is 0.309 e. The zero-order valence-corrected chi connectivity index (χ0v) is 33.4. The maximum Gasteiger partial charge on any atom is 0.164 e. The third-order valence-corrected chi connectivity index (χ3v) is 12.5. The minimum absolute atomic E-state index is 0.621. The van der Waals surface area contributed by atoms with Crippen LogP contribution >= 0.6 is 0 Å². The molecular weight excluding hydrogens is 755 g/mol. The zero-order valence-electron chi connectivity index (χ0n) is 33.4. The Balaban J connectivity index is 1.19. The van der Waals surface area contributed by atoms with Crippen LogP contribution in [-0.2, 0) is 0 Å². The Hall–Kier alpha value is -8.41. The van der Waals surface area contributed by atoms with Gasteiger partial charge in [-0.3, -0.25) is 0 Å². The van der Waals surface area contributed by atoms with Crippen LogP contribution in [0.1, 0.15) is 0 Å². The van der Waals surface area contributed by atoms with Crippen molar-refractivity contribution in [3.05, 3.63) is 212 Å². The molecule has 13 aromatic rings. The molecule has 0 aliphatic rings. The van der Waals surface area contributed by atoms with Gasteiger partial charge in [-0.05, 0) is 57.9 Å². The Morgan fingerprint density at radius 2 is 0.742 bits per heavy atom. The lowest BCUT2D eigenvalue weighted by Gasteiger charge is -2.16. The van der Waals surface area contributed by atoms with Gasteiger partial charge in [0.2, 0.25) is 0 Å². The minimum atomic E-state index is 0.621. The van der Waals surface area contributed by atoms with Gasteiger partial charge in [0.05, 0.1) is 22.1 Å². The second-order valence-electron chi connectivity index (χ2n) is 15.9. The first-order valence-electron chi connectivity index (χ1n) is 21.0. The summed E-state index contributed by atoms with van der Waals surface area (Å²) in [4.78, 5) is 15.3. The first-order chi connectivity index (χ1) is 30.8. The lowest BCUT2D eigenvalue weighted by molar-refractivity contribution is 1.07. The fourth-order valence-corrected chi connectivity index (χ4v) is 9.85. The summed E-state index contributed by atoms with van der Waals surface area (Å²) in [6.45, 7) is 0. The average molecular weight is 790 g/mol. The van der Waals surface area contributed by atoms with E-state index in [1.807, 2.05) is 36.4 Å². The van der Waals surface area contributed by atoms with E-state index in [1.54, 1.807) is 0 Å². The van der Waals surface area contributed by atoms with Crippen molar-refractivity contribution in [2.75, 3.05) is 0 Å². The van der Waals surface area contributed by atoms with E-state index in [2.05, 4.69) is 185 Å². The summed E-state index contributed by atoms with van der Waals surface area (Å²) in [5, 5.41) is 12.2. The summed E-state index contributed by atoms with van der Waals surface area (Å²) in [5.74, 6) is 1.90. The molecule has 0 spiro atoms. The van der Waals surface area contributed by atoms with Crippen LogP contribution in [-0.4, -0.2) is 24.1 Å². The fourth-order valence-electron chi connectivity index (χ4n) is 9.85. The van der Waals surface area contributed by atoms with E-state index in [9.17, 15) is 0 Å². The van der Waals surface area contributed by atoms with E-state index in [4.69, 9.17) is 15.0 Å². The van der Waals surface area contributed by atoms with Crippen LogP contribution in [0.2, 0.25) is 0 Å². The van der Waals surface area contributed by atoms with E-state index >= 15 is 0 Å². The molecule has 0 aliphatic carbocycles. The lowest BCUT2D eigenvalue weighted by atomic mass is 9.93. The number of para-hydroxylation sites is 3. The van der Waals surface area contributed by atoms with E-state index in [-0.39, 0.29) is 0 Å². The van der Waals surface area contributed by atoms with Gasteiger partial charge in [-0.2, -0.15) is 0 Å². The minimum Gasteiger partial charge on any atom is -0.309 e. The van der Waals surface area contributed by atoms with Gasteiger partial charge in [-0.1, -0.05) is 176 Å². The molecule has 5 heteroatoms. The molecule has 0 saturated heterocycles. The molecule has 0 fully saturated rings. The van der Waals surface area contributed by atoms with Crippen LogP contribution in [0, 0.1) is 0 Å². The van der Waals surface area contributed by atoms with Gasteiger partial charge in [0, 0.05) is 60.4 Å². The number of benzene rings is 10. The Bertz CT molecular complexity index is 3850. The van der Waals surface area contributed by atoms with Gasteiger partial charge in [0.15, 0.2) is 17.5 Å². The predicted molar refractivity (Wildman–Crippen MR) is 257 cm³/mol. The number of aromatic nitrogens is 5. The third-order valence-electron chi connectivity index (χ3n) is 12.5. The molecule has 5 nitrogen and oxygen atoms in total. The highest BCUT2D eigenvalue weighted by Crippen LogP contribution is 2.49. The van der Waals surface area contributed by atoms with Crippen molar-refractivity contribution in [1.29, 1.82) is 0 Å². The van der Waals surface area contributed by atoms with Crippen molar-refractivity contribution < 1.29 is 0 Å². The summed E-state index contributed by atoms with van der Waals surface area (Å²) < 4.78 is 4.96. The summed E-state index contributed by atoms with van der Waals surface area (Å²) in [5.41, 5.74) is 9.65. The van der Waals surface area contributed by atoms with Crippen LogP contribution in [0.3, 0.4) is 0 Å². The van der Waals surface area contributed by atoms with Gasteiger partial charge in [-0.15, -0.1) is 0 Å². The van der Waals surface area contributed by atoms with Crippen LogP contribution in [0.5, 0.6) is 0 Å². The van der Waals surface area contributed by atoms with Gasteiger partial charge in [-0.25, -0.2) is 15.0 Å². The summed E-state index contributed by atoms with van der Waals surface area (Å²) in [6, 6.07) is 75.7. The second kappa shape index (κ2) is 13.6. The maximum absolute atomic E-state index is 5.14. The summed E-state index contributed by atoms with van der Waals surface area (Å²) >= 11 is 0. The Labute approximate surface area is 356 Å². The topological polar surface area (TPSA) is 48.5 Å². The number of nitrogens with zero attached hydrogens (tertiary/aromatic N) is 5. The highest BCUT2D eigenvalue weighted by atomic mass is 15.0. The molecule has 0 unspecified atom stereocenters. The smallest absolute Gasteiger partial charge is 0.164 e. The quantitative estimate of drug-likeness (QED) is 0.163. The molecule has 3 heterocycles. The van der Waals surface area contributed by atoms with Gasteiger partial charge >= 0.3 is 0 Å². The van der Waals surface area contributed by atoms with Crippen molar-refractivity contribution >= 4 is 75.9 Å². The molecule has 62 heavy (non-hydrogen) atoms. The highest BCUT2D eigenvalue weighted by Gasteiger charge is 2.26. The van der Waals surface area contributed by atoms with Crippen molar-refractivity contribution in [2.24, 2.45) is 0 Å². The van der Waals surface area contributed by atoms with Crippen LogP contribution in [0.15, 0.2) is 212 Å². The highest BCUT2D eigenvalue weighted by molar-refractivity contribution is 6.41. The third kappa shape index (κ3) is 5.12. The average Bonchev–Trinajstić information content (AvgIpc) is 3.88. The molecule has 3 aromatic heterocycles. The van der Waals surface area contributed by atoms with Gasteiger partial charge < -0.3 is 9.13 Å². The lowest BCUT2D eigenvalue weighted by Crippen LogP contribution is -2.01. The predicted octanol–water partition coefficient (Wildman–Crippen LogP) is 14.5. The van der Waals surface area contributed by atoms with Crippen molar-refractivity contribution in [2.45, 2.75) is 0 Å². The van der Waals surface area contributed by atoms with Crippen LogP contribution in [0.4, 0.5) is 0 Å². The van der Waals surface area contributed by atoms with E-state index in [0.29, 0.717) is 17.5 Å². The molecule has 0 amide bonds. The molecule has 0 bridgehead atoms. The fraction of sp³-hybridized carbons (Fsp3) is 0. The molecule has 288 valence electrons. The summed E-state index contributed by atoms with van der Waals surface area (Å²) in [6.07, 6.45) is 0. The van der Waals surface area contributed by atoms with Gasteiger partial charge in [0.25, 0.3) is 0 Å². The Morgan fingerprint density at radius 1 is 0.274 bits per heavy atom. The Morgan fingerprint density at radius 3 is 1.40 bits per heavy atom. The van der Waals surface area contributed by atoms with Crippen LogP contribution in [0.25, 0.3) is 121 Å². The molecule has 0 N–H and O–H groups in total. The molecule has 0 aliphatic heterocycles. The Kier molecular flexibility index (Phi) is 7.54. The van der Waals surface area contributed by atoms with Crippen molar-refractivity contribution in [3.63, 3.8) is 0 Å². The summed E-state index contributed by atoms with van der Waals surface area (Å²) in [7, 11) is 0. The van der Waals surface area contributed by atoms with E-state index in [0.717, 1.165) is 33.6 Å². The van der Waals surface area contributed by atoms with E-state index in [1.165, 1.54) is 70.4 Å². The molecule has 10 aromatic carbocycles. The number of rotatable bonds is 5. The molecule has 0 saturated carbocycles. The first-order valence-corrected chi connectivity index (χ1v) is 21.0. The maximum atomic E-state index is 5.14. The number of hydrogen-bond acceptors (Lipinski definition) is 3. The molecular formula is C57H35N5.